The standard InChI is InChI=1S/C13H17Cl2N3O.ClH/c14-9-1-2-11(15)12(7-9)17-13(19)8-18-5-3-10(16)4-6-18;/h1-2,7,10H,3-6,8,16H2,(H,17,19);1H. The van der Waals surface area contributed by atoms with Crippen molar-refractivity contribution in [2.24, 2.45) is 5.73 Å². The molecule has 1 aromatic rings. The van der Waals surface area contributed by atoms with E-state index in [2.05, 4.69) is 10.2 Å². The fourth-order valence-electron chi connectivity index (χ4n) is 2.10. The Balaban J connectivity index is 0.00000200. The molecule has 1 amide bonds. The van der Waals surface area contributed by atoms with Crippen molar-refractivity contribution in [1.82, 2.24) is 4.90 Å². The van der Waals surface area contributed by atoms with E-state index in [9.17, 15) is 4.79 Å². The van der Waals surface area contributed by atoms with Crippen molar-refractivity contribution in [3.8, 4) is 0 Å². The van der Waals surface area contributed by atoms with Crippen LogP contribution in [-0.2, 0) is 4.79 Å². The second-order valence-corrected chi connectivity index (χ2v) is 5.63. The summed E-state index contributed by atoms with van der Waals surface area (Å²) in [6.45, 7) is 2.07. The number of halogens is 3. The van der Waals surface area contributed by atoms with Gasteiger partial charge in [-0.25, -0.2) is 0 Å². The zero-order valence-electron chi connectivity index (χ0n) is 10.9. The van der Waals surface area contributed by atoms with Crippen LogP contribution >= 0.6 is 35.6 Å². The van der Waals surface area contributed by atoms with Crippen molar-refractivity contribution >= 4 is 47.2 Å². The van der Waals surface area contributed by atoms with Gasteiger partial charge in [-0.2, -0.15) is 0 Å². The van der Waals surface area contributed by atoms with Gasteiger partial charge in [0, 0.05) is 24.2 Å². The van der Waals surface area contributed by atoms with Crippen LogP contribution in [0, 0.1) is 0 Å². The summed E-state index contributed by atoms with van der Waals surface area (Å²) in [4.78, 5) is 14.0. The highest BCUT2D eigenvalue weighted by atomic mass is 35.5. The summed E-state index contributed by atoms with van der Waals surface area (Å²) in [5, 5.41) is 3.81. The SMILES string of the molecule is Cl.NC1CCN(CC(=O)Nc2cc(Cl)ccc2Cl)CC1. The first-order valence-corrected chi connectivity index (χ1v) is 7.03. The lowest BCUT2D eigenvalue weighted by Crippen LogP contribution is -2.43. The number of anilines is 1. The Morgan fingerprint density at radius 1 is 1.35 bits per heavy atom. The van der Waals surface area contributed by atoms with E-state index < -0.39 is 0 Å². The fraction of sp³-hybridized carbons (Fsp3) is 0.462. The van der Waals surface area contributed by atoms with Crippen LogP contribution in [0.5, 0.6) is 0 Å². The molecule has 112 valence electrons. The molecule has 0 atom stereocenters. The largest absolute Gasteiger partial charge is 0.328 e. The van der Waals surface area contributed by atoms with Gasteiger partial charge >= 0.3 is 0 Å². The highest BCUT2D eigenvalue weighted by Gasteiger charge is 2.18. The van der Waals surface area contributed by atoms with Crippen LogP contribution in [0.25, 0.3) is 0 Å². The van der Waals surface area contributed by atoms with Crippen molar-refractivity contribution < 1.29 is 4.79 Å². The number of likely N-dealkylation sites (tertiary alicyclic amines) is 1. The molecule has 1 aliphatic heterocycles. The highest BCUT2D eigenvalue weighted by Crippen LogP contribution is 2.25. The quantitative estimate of drug-likeness (QED) is 0.891. The minimum atomic E-state index is -0.0837. The van der Waals surface area contributed by atoms with Gasteiger partial charge in [0.2, 0.25) is 5.91 Å². The lowest BCUT2D eigenvalue weighted by molar-refractivity contribution is -0.117. The van der Waals surface area contributed by atoms with Crippen molar-refractivity contribution in [2.75, 3.05) is 25.0 Å². The molecule has 0 aliphatic carbocycles. The maximum Gasteiger partial charge on any atom is 0.238 e. The number of amides is 1. The van der Waals surface area contributed by atoms with Gasteiger partial charge in [-0.3, -0.25) is 9.69 Å². The van der Waals surface area contributed by atoms with Crippen LogP contribution in [0.4, 0.5) is 5.69 Å². The number of carbonyl (C=O) groups is 1. The van der Waals surface area contributed by atoms with E-state index in [0.29, 0.717) is 22.3 Å². The lowest BCUT2D eigenvalue weighted by Gasteiger charge is -2.29. The van der Waals surface area contributed by atoms with Crippen LogP contribution in [0.1, 0.15) is 12.8 Å². The van der Waals surface area contributed by atoms with Crippen molar-refractivity contribution in [3.05, 3.63) is 28.2 Å². The number of carbonyl (C=O) groups excluding carboxylic acids is 1. The topological polar surface area (TPSA) is 58.4 Å². The molecule has 0 bridgehead atoms. The predicted octanol–water partition coefficient (Wildman–Crippen LogP) is 2.78. The van der Waals surface area contributed by atoms with Crippen LogP contribution in [-0.4, -0.2) is 36.5 Å². The Labute approximate surface area is 135 Å². The van der Waals surface area contributed by atoms with Crippen molar-refractivity contribution in [3.63, 3.8) is 0 Å². The second-order valence-electron chi connectivity index (χ2n) is 4.79. The van der Waals surface area contributed by atoms with E-state index in [4.69, 9.17) is 28.9 Å². The number of hydrogen-bond donors (Lipinski definition) is 2. The van der Waals surface area contributed by atoms with Crippen LogP contribution in [0.3, 0.4) is 0 Å². The Kier molecular flexibility index (Phi) is 7.06. The summed E-state index contributed by atoms with van der Waals surface area (Å²) in [6.07, 6.45) is 1.87. The smallest absolute Gasteiger partial charge is 0.238 e. The van der Waals surface area contributed by atoms with E-state index >= 15 is 0 Å². The van der Waals surface area contributed by atoms with E-state index in [1.807, 2.05) is 0 Å². The van der Waals surface area contributed by atoms with Crippen LogP contribution < -0.4 is 11.1 Å². The molecule has 1 aliphatic rings. The predicted molar refractivity (Wildman–Crippen MR) is 86.0 cm³/mol. The molecule has 4 nitrogen and oxygen atoms in total. The Hall–Kier alpha value is -0.520. The first-order valence-electron chi connectivity index (χ1n) is 6.27. The molecular weight excluding hydrogens is 321 g/mol. The van der Waals surface area contributed by atoms with Gasteiger partial charge in [0.15, 0.2) is 0 Å². The molecule has 0 saturated carbocycles. The van der Waals surface area contributed by atoms with Gasteiger partial charge in [-0.15, -0.1) is 12.4 Å². The molecule has 1 saturated heterocycles. The zero-order chi connectivity index (χ0) is 13.8. The monoisotopic (exact) mass is 337 g/mol. The summed E-state index contributed by atoms with van der Waals surface area (Å²) in [5.41, 5.74) is 6.38. The maximum atomic E-state index is 11.9. The van der Waals surface area contributed by atoms with Gasteiger partial charge in [0.1, 0.15) is 0 Å². The Morgan fingerprint density at radius 3 is 2.65 bits per heavy atom. The molecule has 20 heavy (non-hydrogen) atoms. The number of hydrogen-bond acceptors (Lipinski definition) is 3. The van der Waals surface area contributed by atoms with Gasteiger partial charge in [-0.1, -0.05) is 23.2 Å². The molecule has 7 heteroatoms. The molecule has 0 spiro atoms. The van der Waals surface area contributed by atoms with Gasteiger partial charge in [0.25, 0.3) is 0 Å². The third-order valence-corrected chi connectivity index (χ3v) is 3.77. The number of nitrogens with two attached hydrogens (primary N) is 1. The van der Waals surface area contributed by atoms with Crippen molar-refractivity contribution in [2.45, 2.75) is 18.9 Å². The summed E-state index contributed by atoms with van der Waals surface area (Å²) in [6, 6.07) is 5.26. The number of benzene rings is 1. The Morgan fingerprint density at radius 2 is 2.00 bits per heavy atom. The average molecular weight is 339 g/mol. The summed E-state index contributed by atoms with van der Waals surface area (Å²) in [5.74, 6) is -0.0837. The van der Waals surface area contributed by atoms with Gasteiger partial charge in [0.05, 0.1) is 17.3 Å². The molecule has 1 heterocycles. The van der Waals surface area contributed by atoms with E-state index in [1.165, 1.54) is 0 Å². The molecule has 0 aromatic heterocycles. The fourth-order valence-corrected chi connectivity index (χ4v) is 2.43. The van der Waals surface area contributed by atoms with E-state index in [1.54, 1.807) is 18.2 Å². The van der Waals surface area contributed by atoms with Gasteiger partial charge < -0.3 is 11.1 Å². The number of nitrogens with one attached hydrogen (secondary N) is 1. The van der Waals surface area contributed by atoms with E-state index in [0.717, 1.165) is 25.9 Å². The first kappa shape index (κ1) is 17.5. The van der Waals surface area contributed by atoms with Gasteiger partial charge in [-0.05, 0) is 31.0 Å². The second kappa shape index (κ2) is 8.05. The lowest BCUT2D eigenvalue weighted by atomic mass is 10.1. The zero-order valence-corrected chi connectivity index (χ0v) is 13.3. The third-order valence-electron chi connectivity index (χ3n) is 3.20. The molecule has 0 radical (unpaired) electrons. The minimum Gasteiger partial charge on any atom is -0.328 e. The van der Waals surface area contributed by atoms with Crippen LogP contribution in [0.2, 0.25) is 10.0 Å². The highest BCUT2D eigenvalue weighted by molar-refractivity contribution is 6.35. The molecular formula is C13H18Cl3N3O. The van der Waals surface area contributed by atoms with Crippen molar-refractivity contribution in [1.29, 1.82) is 0 Å². The number of nitrogens with zero attached hydrogens (tertiary/aromatic N) is 1. The van der Waals surface area contributed by atoms with Crippen LogP contribution in [0.15, 0.2) is 18.2 Å². The minimum absolute atomic E-state index is 0. The Bertz CT molecular complexity index is 462. The number of rotatable bonds is 3. The molecule has 2 rings (SSSR count). The average Bonchev–Trinajstić information content (AvgIpc) is 2.37. The van der Waals surface area contributed by atoms with E-state index in [-0.39, 0.29) is 24.4 Å². The number of piperidine rings is 1. The molecule has 1 fully saturated rings. The molecule has 3 N–H and O–H groups in total. The maximum absolute atomic E-state index is 11.9. The normalized spacial score (nSPS) is 16.6. The molecule has 0 unspecified atom stereocenters. The third kappa shape index (κ3) is 5.11. The summed E-state index contributed by atoms with van der Waals surface area (Å²) in [7, 11) is 0. The first-order chi connectivity index (χ1) is 9.04. The molecule has 1 aromatic carbocycles. The summed E-state index contributed by atoms with van der Waals surface area (Å²) >= 11 is 11.9. The summed E-state index contributed by atoms with van der Waals surface area (Å²) < 4.78 is 0.